The fourth-order valence-corrected chi connectivity index (χ4v) is 2.97. The Balaban J connectivity index is 1.91. The lowest BCUT2D eigenvalue weighted by Crippen LogP contribution is -2.32. The number of nitrogens with zero attached hydrogens (tertiary/aromatic N) is 1. The van der Waals surface area contributed by atoms with Crippen LogP contribution in [-0.2, 0) is 4.79 Å². The van der Waals surface area contributed by atoms with E-state index in [9.17, 15) is 9.59 Å². The first kappa shape index (κ1) is 21.5. The molecule has 0 unspecified atom stereocenters. The number of hydrogen-bond donors (Lipinski definition) is 2. The van der Waals surface area contributed by atoms with E-state index < -0.39 is 0 Å². The minimum atomic E-state index is -0.129. The van der Waals surface area contributed by atoms with E-state index in [0.29, 0.717) is 11.3 Å². The van der Waals surface area contributed by atoms with Crippen LogP contribution < -0.4 is 10.6 Å². The molecule has 2 aromatic rings. The van der Waals surface area contributed by atoms with Gasteiger partial charge in [0.15, 0.2) is 0 Å². The number of benzene rings is 2. The number of anilines is 2. The summed E-state index contributed by atoms with van der Waals surface area (Å²) in [6, 6.07) is 13.1. The minimum Gasteiger partial charge on any atom is -0.376 e. The molecule has 2 amide bonds. The van der Waals surface area contributed by atoms with Crippen molar-refractivity contribution in [3.05, 3.63) is 59.2 Å². The highest BCUT2D eigenvalue weighted by Crippen LogP contribution is 2.15. The summed E-state index contributed by atoms with van der Waals surface area (Å²) in [6.07, 6.45) is 1.88. The molecule has 0 heterocycles. The second-order valence-electron chi connectivity index (χ2n) is 7.07. The number of rotatable bonds is 9. The van der Waals surface area contributed by atoms with Gasteiger partial charge in [-0.15, -0.1) is 0 Å². The smallest absolute Gasteiger partial charge is 0.253 e. The molecule has 5 nitrogen and oxygen atoms in total. The molecule has 0 aromatic heterocycles. The van der Waals surface area contributed by atoms with E-state index in [2.05, 4.69) is 31.4 Å². The maximum absolute atomic E-state index is 12.6. The number of hydrogen-bond acceptors (Lipinski definition) is 3. The van der Waals surface area contributed by atoms with Crippen molar-refractivity contribution in [2.45, 2.75) is 40.5 Å². The Morgan fingerprint density at radius 1 is 0.857 bits per heavy atom. The molecule has 0 radical (unpaired) electrons. The fourth-order valence-electron chi connectivity index (χ4n) is 2.97. The Bertz CT molecular complexity index is 794. The molecule has 0 saturated heterocycles. The molecular weight excluding hydrogens is 350 g/mol. The van der Waals surface area contributed by atoms with E-state index in [0.717, 1.165) is 31.6 Å². The van der Waals surface area contributed by atoms with Crippen LogP contribution in [0.25, 0.3) is 0 Å². The van der Waals surface area contributed by atoms with E-state index in [1.807, 2.05) is 30.0 Å². The first-order valence-electron chi connectivity index (χ1n) is 9.95. The summed E-state index contributed by atoms with van der Waals surface area (Å²) in [5, 5.41) is 5.99. The molecule has 0 fully saturated rings. The van der Waals surface area contributed by atoms with E-state index in [1.165, 1.54) is 11.1 Å². The van der Waals surface area contributed by atoms with E-state index in [1.54, 1.807) is 24.3 Å². The van der Waals surface area contributed by atoms with Gasteiger partial charge in [0.25, 0.3) is 5.91 Å². The molecule has 2 N–H and O–H groups in total. The van der Waals surface area contributed by atoms with E-state index in [-0.39, 0.29) is 18.4 Å². The van der Waals surface area contributed by atoms with Gasteiger partial charge >= 0.3 is 0 Å². The number of carbonyl (C=O) groups is 2. The average molecular weight is 382 g/mol. The van der Waals surface area contributed by atoms with Gasteiger partial charge in [0.1, 0.15) is 0 Å². The summed E-state index contributed by atoms with van der Waals surface area (Å²) in [5.41, 5.74) is 4.66. The molecule has 0 bridgehead atoms. The van der Waals surface area contributed by atoms with Gasteiger partial charge in [0, 0.05) is 30.0 Å². The van der Waals surface area contributed by atoms with Crippen LogP contribution in [0.15, 0.2) is 42.5 Å². The molecular formula is C23H31N3O2. The van der Waals surface area contributed by atoms with Gasteiger partial charge in [-0.1, -0.05) is 19.9 Å². The first-order chi connectivity index (χ1) is 13.4. The summed E-state index contributed by atoms with van der Waals surface area (Å²) in [7, 11) is 0. The number of nitrogens with one attached hydrogen (secondary N) is 2. The molecule has 0 saturated carbocycles. The van der Waals surface area contributed by atoms with Crippen LogP contribution in [0.3, 0.4) is 0 Å². The van der Waals surface area contributed by atoms with Crippen LogP contribution in [0.2, 0.25) is 0 Å². The quantitative estimate of drug-likeness (QED) is 0.666. The summed E-state index contributed by atoms with van der Waals surface area (Å²) in [6.45, 7) is 9.95. The molecule has 0 aliphatic carbocycles. The van der Waals surface area contributed by atoms with Crippen molar-refractivity contribution in [1.82, 2.24) is 4.90 Å². The molecule has 0 aliphatic rings. The number of carbonyl (C=O) groups excluding carboxylic acids is 2. The predicted molar refractivity (Wildman–Crippen MR) is 116 cm³/mol. The van der Waals surface area contributed by atoms with Gasteiger partial charge in [0.2, 0.25) is 5.91 Å². The third-order valence-electron chi connectivity index (χ3n) is 4.65. The van der Waals surface area contributed by atoms with Gasteiger partial charge in [-0.3, -0.25) is 9.59 Å². The summed E-state index contributed by atoms with van der Waals surface area (Å²) < 4.78 is 0. The molecule has 5 heteroatoms. The SMILES string of the molecule is CCCN(CCC)C(=O)c1ccc(NC(=O)CNc2ccc(C)c(C)c2)cc1. The monoisotopic (exact) mass is 381 g/mol. The molecule has 2 rings (SSSR count). The lowest BCUT2D eigenvalue weighted by molar-refractivity contribution is -0.114. The first-order valence-corrected chi connectivity index (χ1v) is 9.95. The van der Waals surface area contributed by atoms with Gasteiger partial charge in [-0.05, 0) is 74.2 Å². The Morgan fingerprint density at radius 2 is 1.46 bits per heavy atom. The van der Waals surface area contributed by atoms with E-state index >= 15 is 0 Å². The second kappa shape index (κ2) is 10.5. The summed E-state index contributed by atoms with van der Waals surface area (Å²) in [4.78, 5) is 26.7. The maximum Gasteiger partial charge on any atom is 0.253 e. The highest BCUT2D eigenvalue weighted by molar-refractivity contribution is 5.96. The molecule has 28 heavy (non-hydrogen) atoms. The Kier molecular flexibility index (Phi) is 8.05. The van der Waals surface area contributed by atoms with Crippen LogP contribution in [0.4, 0.5) is 11.4 Å². The Morgan fingerprint density at radius 3 is 2.04 bits per heavy atom. The van der Waals surface area contributed by atoms with Crippen molar-refractivity contribution in [2.75, 3.05) is 30.3 Å². The molecule has 0 atom stereocenters. The zero-order valence-corrected chi connectivity index (χ0v) is 17.3. The standard InChI is InChI=1S/C23H31N3O2/c1-5-13-26(14-6-2)23(28)19-8-11-20(12-9-19)25-22(27)16-24-21-10-7-17(3)18(4)15-21/h7-12,15,24H,5-6,13-14,16H2,1-4H3,(H,25,27). The highest BCUT2D eigenvalue weighted by atomic mass is 16.2. The van der Waals surface area contributed by atoms with Crippen molar-refractivity contribution in [3.63, 3.8) is 0 Å². The van der Waals surface area contributed by atoms with Gasteiger partial charge in [-0.2, -0.15) is 0 Å². The van der Waals surface area contributed by atoms with Gasteiger partial charge in [-0.25, -0.2) is 0 Å². The van der Waals surface area contributed by atoms with Crippen LogP contribution in [0.5, 0.6) is 0 Å². The predicted octanol–water partition coefficient (Wildman–Crippen LogP) is 4.62. The lowest BCUT2D eigenvalue weighted by Gasteiger charge is -2.21. The van der Waals surface area contributed by atoms with Crippen molar-refractivity contribution < 1.29 is 9.59 Å². The lowest BCUT2D eigenvalue weighted by atomic mass is 10.1. The topological polar surface area (TPSA) is 61.4 Å². The van der Waals surface area contributed by atoms with Crippen molar-refractivity contribution in [2.24, 2.45) is 0 Å². The zero-order valence-electron chi connectivity index (χ0n) is 17.3. The van der Waals surface area contributed by atoms with E-state index in [4.69, 9.17) is 0 Å². The molecule has 0 spiro atoms. The fraction of sp³-hybridized carbons (Fsp3) is 0.391. The van der Waals surface area contributed by atoms with Gasteiger partial charge in [0.05, 0.1) is 6.54 Å². The van der Waals surface area contributed by atoms with Crippen LogP contribution in [0.1, 0.15) is 48.2 Å². The average Bonchev–Trinajstić information content (AvgIpc) is 2.69. The summed E-state index contributed by atoms with van der Waals surface area (Å²) in [5.74, 6) is -0.0890. The summed E-state index contributed by atoms with van der Waals surface area (Å²) >= 11 is 0. The van der Waals surface area contributed by atoms with Crippen LogP contribution in [0, 0.1) is 13.8 Å². The van der Waals surface area contributed by atoms with Crippen LogP contribution >= 0.6 is 0 Å². The second-order valence-corrected chi connectivity index (χ2v) is 7.07. The maximum atomic E-state index is 12.6. The molecule has 0 aliphatic heterocycles. The largest absolute Gasteiger partial charge is 0.376 e. The Hall–Kier alpha value is -2.82. The van der Waals surface area contributed by atoms with Crippen molar-refractivity contribution in [3.8, 4) is 0 Å². The van der Waals surface area contributed by atoms with Crippen molar-refractivity contribution >= 4 is 23.2 Å². The molecule has 150 valence electrons. The third kappa shape index (κ3) is 6.12. The highest BCUT2D eigenvalue weighted by Gasteiger charge is 2.14. The Labute approximate surface area is 168 Å². The zero-order chi connectivity index (χ0) is 20.5. The van der Waals surface area contributed by atoms with Crippen molar-refractivity contribution in [1.29, 1.82) is 0 Å². The molecule has 2 aromatic carbocycles. The minimum absolute atomic E-state index is 0.0398. The van der Waals surface area contributed by atoms with Crippen LogP contribution in [-0.4, -0.2) is 36.3 Å². The van der Waals surface area contributed by atoms with Gasteiger partial charge < -0.3 is 15.5 Å². The third-order valence-corrected chi connectivity index (χ3v) is 4.65. The number of amides is 2. The normalized spacial score (nSPS) is 10.4. The number of aryl methyl sites for hydroxylation is 2.